The number of rotatable bonds is 59. The average molecular weight is 1060 g/mol. The van der Waals surface area contributed by atoms with Gasteiger partial charge in [-0.2, -0.15) is 0 Å². The summed E-state index contributed by atoms with van der Waals surface area (Å²) in [6, 6.07) is 0. The highest BCUT2D eigenvalue weighted by Gasteiger charge is 2.22. The van der Waals surface area contributed by atoms with Crippen molar-refractivity contribution >= 4 is 17.9 Å². The van der Waals surface area contributed by atoms with E-state index in [1.165, 1.54) is 205 Å². The lowest BCUT2D eigenvalue weighted by atomic mass is 10.0. The molecule has 2 atom stereocenters. The normalized spacial score (nSPS) is 13.0. The van der Waals surface area contributed by atoms with Crippen molar-refractivity contribution in [2.24, 2.45) is 0 Å². The molecule has 0 saturated heterocycles. The second kappa shape index (κ2) is 57.4. The van der Waals surface area contributed by atoms with E-state index in [2.05, 4.69) is 62.5 Å². The average Bonchev–Trinajstić information content (AvgIpc) is 3.38. The van der Waals surface area contributed by atoms with Crippen molar-refractivity contribution < 1.29 is 42.9 Å². The molecule has 0 fully saturated rings. The number of carboxylic acids is 1. The molecule has 0 aromatic carbocycles. The quantitative estimate of drug-likeness (QED) is 0.0195. The Hall–Kier alpha value is -2.75. The van der Waals surface area contributed by atoms with Gasteiger partial charge in [0.05, 0.1) is 40.3 Å². The fourth-order valence-electron chi connectivity index (χ4n) is 9.13. The predicted molar refractivity (Wildman–Crippen MR) is 315 cm³/mol. The fourth-order valence-corrected chi connectivity index (χ4v) is 9.13. The highest BCUT2D eigenvalue weighted by Crippen LogP contribution is 2.17. The molecular weight excluding hydrogens is 935 g/mol. The molecule has 0 aliphatic carbocycles. The SMILES string of the molecule is CCCCCCC/C=C\C/C=C\C/C=C\CCCCCCCCCCCCC(=O)OC(COC(=O)CCCCCCCCCCCCCCC/C=C\CCCCCCCCCC)COC(OCC[N+](C)(C)C)C(=O)[O-]. The third kappa shape index (κ3) is 58.8. The lowest BCUT2D eigenvalue weighted by Gasteiger charge is -2.26. The van der Waals surface area contributed by atoms with Gasteiger partial charge in [-0.15, -0.1) is 0 Å². The van der Waals surface area contributed by atoms with Crippen molar-refractivity contribution in [3.8, 4) is 0 Å². The van der Waals surface area contributed by atoms with E-state index in [1.54, 1.807) is 0 Å². The summed E-state index contributed by atoms with van der Waals surface area (Å²) < 4.78 is 22.8. The van der Waals surface area contributed by atoms with Crippen molar-refractivity contribution in [1.82, 2.24) is 0 Å². The van der Waals surface area contributed by atoms with Gasteiger partial charge in [-0.05, 0) is 77.0 Å². The molecule has 9 heteroatoms. The zero-order valence-electron chi connectivity index (χ0n) is 49.9. The number of allylic oxidation sites excluding steroid dienone is 8. The van der Waals surface area contributed by atoms with E-state index in [0.29, 0.717) is 23.9 Å². The molecule has 0 aliphatic heterocycles. The fraction of sp³-hybridized carbons (Fsp3) is 0.833. The number of unbranched alkanes of at least 4 members (excludes halogenated alkanes) is 36. The smallest absolute Gasteiger partial charge is 0.306 e. The molecule has 0 rings (SSSR count). The van der Waals surface area contributed by atoms with E-state index in [-0.39, 0.29) is 32.2 Å². The highest BCUT2D eigenvalue weighted by atomic mass is 16.7. The Labute approximate surface area is 463 Å². The topological polar surface area (TPSA) is 111 Å². The van der Waals surface area contributed by atoms with Gasteiger partial charge in [0.15, 0.2) is 12.4 Å². The number of ether oxygens (including phenoxy) is 4. The number of hydrogen-bond donors (Lipinski definition) is 0. The van der Waals surface area contributed by atoms with Crippen LogP contribution < -0.4 is 5.11 Å². The molecule has 0 aromatic heterocycles. The zero-order valence-corrected chi connectivity index (χ0v) is 49.9. The summed E-state index contributed by atoms with van der Waals surface area (Å²) in [5, 5.41) is 11.8. The van der Waals surface area contributed by atoms with Gasteiger partial charge in [0, 0.05) is 12.8 Å². The van der Waals surface area contributed by atoms with Crippen LogP contribution in [0.3, 0.4) is 0 Å². The van der Waals surface area contributed by atoms with Gasteiger partial charge >= 0.3 is 11.9 Å². The van der Waals surface area contributed by atoms with Gasteiger partial charge in [0.2, 0.25) is 0 Å². The minimum Gasteiger partial charge on any atom is -0.545 e. The number of aliphatic carboxylic acids is 1. The first kappa shape index (κ1) is 72.2. The monoisotopic (exact) mass is 1060 g/mol. The number of carbonyl (C=O) groups excluding carboxylic acids is 3. The maximum Gasteiger partial charge on any atom is 0.306 e. The van der Waals surface area contributed by atoms with Gasteiger partial charge in [-0.1, -0.05) is 255 Å². The molecule has 0 radical (unpaired) electrons. The van der Waals surface area contributed by atoms with Gasteiger partial charge < -0.3 is 33.3 Å². The van der Waals surface area contributed by atoms with Crippen LogP contribution in [0.25, 0.3) is 0 Å². The van der Waals surface area contributed by atoms with E-state index in [4.69, 9.17) is 18.9 Å². The van der Waals surface area contributed by atoms with Crippen LogP contribution in [0.15, 0.2) is 48.6 Å². The number of esters is 2. The number of quaternary nitrogens is 1. The Balaban J connectivity index is 4.19. The van der Waals surface area contributed by atoms with E-state index in [9.17, 15) is 19.5 Å². The number of nitrogens with zero attached hydrogens (tertiary/aromatic N) is 1. The largest absolute Gasteiger partial charge is 0.545 e. The molecule has 0 aromatic rings. The first-order valence-electron chi connectivity index (χ1n) is 31.8. The van der Waals surface area contributed by atoms with Crippen molar-refractivity contribution in [3.05, 3.63) is 48.6 Å². The molecule has 0 saturated carbocycles. The molecule has 0 N–H and O–H groups in total. The van der Waals surface area contributed by atoms with Crippen molar-refractivity contribution in [2.75, 3.05) is 47.5 Å². The second-order valence-corrected chi connectivity index (χ2v) is 22.7. The van der Waals surface area contributed by atoms with Crippen LogP contribution in [-0.2, 0) is 33.3 Å². The summed E-state index contributed by atoms with van der Waals surface area (Å²) in [6.07, 6.45) is 68.8. The Kier molecular flexibility index (Phi) is 55.3. The predicted octanol–water partition coefficient (Wildman–Crippen LogP) is 17.7. The van der Waals surface area contributed by atoms with Crippen LogP contribution in [0.1, 0.15) is 296 Å². The number of likely N-dealkylation sites (N-methyl/N-ethyl adjacent to an activating group) is 1. The minimum absolute atomic E-state index is 0.147. The van der Waals surface area contributed by atoms with Crippen LogP contribution >= 0.6 is 0 Å². The van der Waals surface area contributed by atoms with Gasteiger partial charge in [-0.3, -0.25) is 9.59 Å². The molecule has 438 valence electrons. The minimum atomic E-state index is -1.62. The van der Waals surface area contributed by atoms with Crippen LogP contribution in [0, 0.1) is 0 Å². The summed E-state index contributed by atoms with van der Waals surface area (Å²) in [6.45, 7) is 4.77. The maximum absolute atomic E-state index is 12.9. The van der Waals surface area contributed by atoms with Crippen LogP contribution in [0.5, 0.6) is 0 Å². The Morgan fingerprint density at radius 1 is 0.400 bits per heavy atom. The molecule has 0 aliphatic rings. The number of carboxylic acid groups (broad SMARTS) is 1. The summed E-state index contributed by atoms with van der Waals surface area (Å²) >= 11 is 0. The highest BCUT2D eigenvalue weighted by molar-refractivity contribution is 5.70. The number of carbonyl (C=O) groups is 3. The summed E-state index contributed by atoms with van der Waals surface area (Å²) in [4.78, 5) is 37.4. The maximum atomic E-state index is 12.9. The Morgan fingerprint density at radius 3 is 1.08 bits per heavy atom. The van der Waals surface area contributed by atoms with E-state index in [0.717, 1.165) is 57.8 Å². The van der Waals surface area contributed by atoms with Crippen LogP contribution in [-0.4, -0.2) is 82.3 Å². The molecule has 9 nitrogen and oxygen atoms in total. The van der Waals surface area contributed by atoms with Gasteiger partial charge in [0.25, 0.3) is 0 Å². The molecule has 2 unspecified atom stereocenters. The lowest BCUT2D eigenvalue weighted by molar-refractivity contribution is -0.870. The molecule has 0 heterocycles. The summed E-state index contributed by atoms with van der Waals surface area (Å²) in [5.74, 6) is -2.27. The van der Waals surface area contributed by atoms with Crippen molar-refractivity contribution in [3.63, 3.8) is 0 Å². The first-order valence-corrected chi connectivity index (χ1v) is 31.8. The third-order valence-electron chi connectivity index (χ3n) is 14.0. The molecule has 75 heavy (non-hydrogen) atoms. The summed E-state index contributed by atoms with van der Waals surface area (Å²) in [7, 11) is 5.93. The molecular formula is C66H121NO8. The van der Waals surface area contributed by atoms with Gasteiger partial charge in [-0.25, -0.2) is 0 Å². The Bertz CT molecular complexity index is 1370. The standard InChI is InChI=1S/C66H121NO8/c1-6-8-10-12-14-16-18-20-22-24-26-28-30-32-34-36-38-40-42-44-46-48-50-52-54-56-63(68)73-60-62(61-74-66(65(70)71)72-59-58-67(3,4)5)75-64(69)57-55-53-51-49-47-45-43-41-39-37-35-33-31-29-27-25-23-21-19-17-15-13-11-9-7-2/h19,21,24-27,31,33,62,66H,6-18,20,22-23,28-30,32,34-61H2,1-5H3/b21-19-,26-24-,27-25-,33-31-. The van der Waals surface area contributed by atoms with E-state index < -0.39 is 24.3 Å². The van der Waals surface area contributed by atoms with E-state index >= 15 is 0 Å². The van der Waals surface area contributed by atoms with E-state index in [1.807, 2.05) is 21.1 Å². The van der Waals surface area contributed by atoms with Crippen molar-refractivity contribution in [2.45, 2.75) is 309 Å². The zero-order chi connectivity index (χ0) is 54.8. The van der Waals surface area contributed by atoms with Gasteiger partial charge in [0.1, 0.15) is 13.2 Å². The third-order valence-corrected chi connectivity index (χ3v) is 14.0. The Morgan fingerprint density at radius 2 is 0.720 bits per heavy atom. The molecule has 0 spiro atoms. The first-order chi connectivity index (χ1) is 36.6. The lowest BCUT2D eigenvalue weighted by Crippen LogP contribution is -2.44. The summed E-state index contributed by atoms with van der Waals surface area (Å²) in [5.41, 5.74) is 0. The number of hydrogen-bond acceptors (Lipinski definition) is 8. The van der Waals surface area contributed by atoms with Crippen molar-refractivity contribution in [1.29, 1.82) is 0 Å². The van der Waals surface area contributed by atoms with Crippen LogP contribution in [0.2, 0.25) is 0 Å². The second-order valence-electron chi connectivity index (χ2n) is 22.7. The van der Waals surface area contributed by atoms with Crippen LogP contribution in [0.4, 0.5) is 0 Å². The molecule has 0 bridgehead atoms. The molecule has 0 amide bonds.